The highest BCUT2D eigenvalue weighted by Gasteiger charge is 2.35. The van der Waals surface area contributed by atoms with Gasteiger partial charge in [0.1, 0.15) is 0 Å². The first-order chi connectivity index (χ1) is 13.9. The molecule has 2 heterocycles. The van der Waals surface area contributed by atoms with Crippen molar-refractivity contribution in [3.63, 3.8) is 0 Å². The van der Waals surface area contributed by atoms with Crippen LogP contribution in [0, 0.1) is 0 Å². The summed E-state index contributed by atoms with van der Waals surface area (Å²) in [7, 11) is 0. The molecule has 0 saturated heterocycles. The number of aromatic nitrogens is 3. The Morgan fingerprint density at radius 2 is 1.62 bits per heavy atom. The molecule has 5 nitrogen and oxygen atoms in total. The van der Waals surface area contributed by atoms with E-state index in [-0.39, 0.29) is 23.6 Å². The molecule has 4 rings (SSSR count). The molecule has 0 aliphatic heterocycles. The second-order valence-electron chi connectivity index (χ2n) is 6.36. The minimum Gasteiger partial charge on any atom is -0.347 e. The highest BCUT2D eigenvalue weighted by Crippen LogP contribution is 2.32. The summed E-state index contributed by atoms with van der Waals surface area (Å²) in [5.41, 5.74) is 0.375. The van der Waals surface area contributed by atoms with Crippen molar-refractivity contribution >= 4 is 11.6 Å². The fourth-order valence-electron chi connectivity index (χ4n) is 2.91. The van der Waals surface area contributed by atoms with Crippen molar-refractivity contribution in [2.75, 3.05) is 0 Å². The fourth-order valence-corrected chi connectivity index (χ4v) is 2.91. The molecule has 1 amide bonds. The number of hydrogen-bond acceptors (Lipinski definition) is 3. The van der Waals surface area contributed by atoms with Crippen LogP contribution in [0.3, 0.4) is 0 Å². The highest BCUT2D eigenvalue weighted by molar-refractivity contribution is 5.93. The van der Waals surface area contributed by atoms with Gasteiger partial charge in [-0.25, -0.2) is 9.50 Å². The molecule has 0 spiro atoms. The van der Waals surface area contributed by atoms with Gasteiger partial charge in [0.15, 0.2) is 17.0 Å². The minimum absolute atomic E-state index is 0.0523. The van der Waals surface area contributed by atoms with Crippen LogP contribution in [-0.4, -0.2) is 20.5 Å². The second-order valence-corrected chi connectivity index (χ2v) is 6.36. The Balaban J connectivity index is 1.71. The quantitative estimate of drug-likeness (QED) is 0.558. The van der Waals surface area contributed by atoms with Crippen molar-refractivity contribution < 1.29 is 18.0 Å². The maximum Gasteiger partial charge on any atom is 0.433 e. The van der Waals surface area contributed by atoms with Crippen LogP contribution in [0.15, 0.2) is 72.8 Å². The number of nitrogens with zero attached hydrogens (tertiary/aromatic N) is 3. The number of fused-ring (bicyclic) bond motifs is 1. The van der Waals surface area contributed by atoms with E-state index in [2.05, 4.69) is 15.4 Å². The lowest BCUT2D eigenvalue weighted by Gasteiger charge is -2.10. The first-order valence-corrected chi connectivity index (χ1v) is 8.77. The lowest BCUT2D eigenvalue weighted by Crippen LogP contribution is -2.23. The summed E-state index contributed by atoms with van der Waals surface area (Å²) in [6.45, 7) is 0.238. The smallest absolute Gasteiger partial charge is 0.347 e. The van der Waals surface area contributed by atoms with Crippen molar-refractivity contribution in [2.24, 2.45) is 0 Å². The van der Waals surface area contributed by atoms with Crippen molar-refractivity contribution in [2.45, 2.75) is 12.7 Å². The Kier molecular flexibility index (Phi) is 4.75. The Hall–Kier alpha value is -3.68. The average molecular weight is 396 g/mol. The van der Waals surface area contributed by atoms with E-state index in [1.54, 1.807) is 30.3 Å². The number of carbonyl (C=O) groups excluding carboxylic acids is 1. The fraction of sp³-hybridized carbons (Fsp3) is 0.0952. The Bertz CT molecular complexity index is 1160. The molecule has 0 saturated carbocycles. The molecule has 0 unspecified atom stereocenters. The molecule has 0 aliphatic carbocycles. The third-order valence-electron chi connectivity index (χ3n) is 4.32. The molecule has 2 aromatic carbocycles. The highest BCUT2D eigenvalue weighted by atomic mass is 19.4. The van der Waals surface area contributed by atoms with Crippen LogP contribution in [0.5, 0.6) is 0 Å². The van der Waals surface area contributed by atoms with E-state index in [0.29, 0.717) is 10.1 Å². The first kappa shape index (κ1) is 18.7. The number of nitrogens with one attached hydrogen (secondary N) is 1. The van der Waals surface area contributed by atoms with E-state index >= 15 is 0 Å². The third-order valence-corrected chi connectivity index (χ3v) is 4.32. The molecular weight excluding hydrogens is 381 g/mol. The number of halogens is 3. The number of carbonyl (C=O) groups is 1. The van der Waals surface area contributed by atoms with E-state index in [9.17, 15) is 18.0 Å². The maximum absolute atomic E-state index is 13.6. The second kappa shape index (κ2) is 7.38. The van der Waals surface area contributed by atoms with Gasteiger partial charge in [-0.05, 0) is 11.6 Å². The molecule has 0 aliphatic rings. The summed E-state index contributed by atoms with van der Waals surface area (Å²) in [5.74, 6) is -0.575. The van der Waals surface area contributed by atoms with E-state index in [4.69, 9.17) is 0 Å². The van der Waals surface area contributed by atoms with Gasteiger partial charge in [-0.15, -0.1) is 0 Å². The number of amides is 1. The van der Waals surface area contributed by atoms with Gasteiger partial charge in [0, 0.05) is 18.2 Å². The molecule has 0 radical (unpaired) electrons. The first-order valence-electron chi connectivity index (χ1n) is 8.77. The van der Waals surface area contributed by atoms with Crippen LogP contribution >= 0.6 is 0 Å². The van der Waals surface area contributed by atoms with Gasteiger partial charge in [0.05, 0.1) is 5.69 Å². The van der Waals surface area contributed by atoms with E-state index < -0.39 is 17.8 Å². The van der Waals surface area contributed by atoms with E-state index in [0.717, 1.165) is 11.6 Å². The molecule has 0 atom stereocenters. The third kappa shape index (κ3) is 3.96. The Labute approximate surface area is 163 Å². The molecule has 0 bridgehead atoms. The van der Waals surface area contributed by atoms with E-state index in [1.165, 1.54) is 6.07 Å². The lowest BCUT2D eigenvalue weighted by atomic mass is 10.1. The average Bonchev–Trinajstić information content (AvgIpc) is 3.16. The summed E-state index contributed by atoms with van der Waals surface area (Å²) in [5, 5.41) is 6.51. The topological polar surface area (TPSA) is 59.3 Å². The van der Waals surface area contributed by atoms with Crippen molar-refractivity contribution in [3.8, 4) is 11.3 Å². The molecule has 146 valence electrons. The normalized spacial score (nSPS) is 11.6. The number of benzene rings is 2. The van der Waals surface area contributed by atoms with Gasteiger partial charge < -0.3 is 5.32 Å². The lowest BCUT2D eigenvalue weighted by molar-refractivity contribution is -0.142. The monoisotopic (exact) mass is 396 g/mol. The molecule has 2 aromatic heterocycles. The molecule has 4 aromatic rings. The minimum atomic E-state index is -4.66. The number of hydrogen-bond donors (Lipinski definition) is 1. The summed E-state index contributed by atoms with van der Waals surface area (Å²) in [6.07, 6.45) is -4.66. The molecule has 0 fully saturated rings. The van der Waals surface area contributed by atoms with Gasteiger partial charge in [0.2, 0.25) is 0 Å². The molecule has 8 heteroatoms. The van der Waals surface area contributed by atoms with Gasteiger partial charge in [-0.2, -0.15) is 18.3 Å². The van der Waals surface area contributed by atoms with Crippen LogP contribution in [-0.2, 0) is 12.7 Å². The molecular formula is C21H15F3N4O. The summed E-state index contributed by atoms with van der Waals surface area (Å²) in [4.78, 5) is 16.7. The maximum atomic E-state index is 13.6. The summed E-state index contributed by atoms with van der Waals surface area (Å²) >= 11 is 0. The Morgan fingerprint density at radius 1 is 0.966 bits per heavy atom. The van der Waals surface area contributed by atoms with Crippen LogP contribution in [0.2, 0.25) is 0 Å². The standard InChI is InChI=1S/C21H15F3N4O/c22-21(23,24)18-11-16(15-9-5-2-6-10-15)26-19-12-17(27-28(18)19)20(29)25-13-14-7-3-1-4-8-14/h1-12H,13H2,(H,25,29). The number of alkyl halides is 3. The van der Waals surface area contributed by atoms with Gasteiger partial charge >= 0.3 is 6.18 Å². The largest absolute Gasteiger partial charge is 0.433 e. The van der Waals surface area contributed by atoms with Crippen molar-refractivity contribution in [1.29, 1.82) is 0 Å². The van der Waals surface area contributed by atoms with E-state index in [1.807, 2.05) is 30.3 Å². The van der Waals surface area contributed by atoms with Gasteiger partial charge in [-0.1, -0.05) is 60.7 Å². The van der Waals surface area contributed by atoms with Crippen molar-refractivity contribution in [1.82, 2.24) is 19.9 Å². The molecule has 1 N–H and O–H groups in total. The SMILES string of the molecule is O=C(NCc1ccccc1)c1cc2nc(-c3ccccc3)cc(C(F)(F)F)n2n1. The van der Waals surface area contributed by atoms with Crippen LogP contribution in [0.25, 0.3) is 16.9 Å². The van der Waals surface area contributed by atoms with Crippen LogP contribution in [0.1, 0.15) is 21.7 Å². The molecule has 29 heavy (non-hydrogen) atoms. The zero-order valence-electron chi connectivity index (χ0n) is 15.0. The van der Waals surface area contributed by atoms with Crippen molar-refractivity contribution in [3.05, 3.63) is 89.7 Å². The zero-order valence-corrected chi connectivity index (χ0v) is 15.0. The summed E-state index contributed by atoms with van der Waals surface area (Å²) in [6, 6.07) is 19.9. The Morgan fingerprint density at radius 3 is 2.28 bits per heavy atom. The van der Waals surface area contributed by atoms with Crippen LogP contribution < -0.4 is 5.32 Å². The van der Waals surface area contributed by atoms with Crippen LogP contribution in [0.4, 0.5) is 13.2 Å². The number of rotatable bonds is 4. The van der Waals surface area contributed by atoms with Gasteiger partial charge in [0.25, 0.3) is 5.91 Å². The van der Waals surface area contributed by atoms with Gasteiger partial charge in [-0.3, -0.25) is 4.79 Å². The predicted octanol–water partition coefficient (Wildman–Crippen LogP) is 4.35. The predicted molar refractivity (Wildman–Crippen MR) is 101 cm³/mol. The zero-order chi connectivity index (χ0) is 20.4. The summed E-state index contributed by atoms with van der Waals surface area (Å²) < 4.78 is 41.5.